The molecule has 1 aliphatic rings. The number of fused-ring (bicyclic) bond motifs is 8. The third-order valence-corrected chi connectivity index (χ3v) is 8.72. The maximum absolute atomic E-state index is 6.94. The van der Waals surface area contributed by atoms with Crippen molar-refractivity contribution in [3.63, 3.8) is 0 Å². The monoisotopic (exact) mass is 553 g/mol. The highest BCUT2D eigenvalue weighted by Gasteiger charge is 2.25. The van der Waals surface area contributed by atoms with Gasteiger partial charge in [0.1, 0.15) is 16.9 Å². The van der Waals surface area contributed by atoms with E-state index >= 15 is 0 Å². The molecule has 0 bridgehead atoms. The van der Waals surface area contributed by atoms with E-state index in [1.165, 1.54) is 22.1 Å². The van der Waals surface area contributed by atoms with Crippen LogP contribution in [0.3, 0.4) is 0 Å². The van der Waals surface area contributed by atoms with Gasteiger partial charge in [0.05, 0.1) is 11.4 Å². The molecule has 0 N–H and O–H groups in total. The summed E-state index contributed by atoms with van der Waals surface area (Å²) in [5.41, 5.74) is 9.52. The topological polar surface area (TPSA) is 29.5 Å². The minimum atomic E-state index is 0.867. The Hall–Kier alpha value is -5.54. The Labute approximate surface area is 248 Å². The number of hydrogen-bond acceptors (Lipinski definition) is 3. The number of aryl methyl sites for hydroxylation is 1. The van der Waals surface area contributed by atoms with Crippen molar-refractivity contribution in [1.82, 2.24) is 0 Å². The molecule has 6 aromatic carbocycles. The summed E-state index contributed by atoms with van der Waals surface area (Å²) in [5.74, 6) is 0.962. The van der Waals surface area contributed by atoms with E-state index in [4.69, 9.17) is 8.83 Å². The van der Waals surface area contributed by atoms with Gasteiger partial charge in [0.15, 0.2) is 5.58 Å². The second-order valence-electron chi connectivity index (χ2n) is 11.2. The van der Waals surface area contributed by atoms with E-state index in [1.54, 1.807) is 0 Å². The van der Waals surface area contributed by atoms with E-state index in [1.807, 2.05) is 0 Å². The van der Waals surface area contributed by atoms with E-state index < -0.39 is 0 Å². The van der Waals surface area contributed by atoms with Crippen LogP contribution in [-0.2, 0) is 6.42 Å². The molecule has 3 nitrogen and oxygen atoms in total. The van der Waals surface area contributed by atoms with E-state index in [9.17, 15) is 0 Å². The highest BCUT2D eigenvalue weighted by atomic mass is 16.3. The molecule has 2 heterocycles. The van der Waals surface area contributed by atoms with Gasteiger partial charge in [0.25, 0.3) is 0 Å². The Morgan fingerprint density at radius 2 is 1.26 bits per heavy atom. The maximum Gasteiger partial charge on any atom is 0.159 e. The van der Waals surface area contributed by atoms with E-state index in [-0.39, 0.29) is 0 Å². The lowest BCUT2D eigenvalue weighted by atomic mass is 9.95. The van der Waals surface area contributed by atoms with Gasteiger partial charge in [-0.2, -0.15) is 0 Å². The fourth-order valence-electron chi connectivity index (χ4n) is 6.82. The first-order chi connectivity index (χ1) is 21.3. The molecule has 2 aromatic heterocycles. The number of furan rings is 2. The minimum absolute atomic E-state index is 0.867. The largest absolute Gasteiger partial charge is 0.456 e. The molecule has 1 aliphatic carbocycles. The minimum Gasteiger partial charge on any atom is -0.456 e. The van der Waals surface area contributed by atoms with Gasteiger partial charge in [-0.3, -0.25) is 0 Å². The summed E-state index contributed by atoms with van der Waals surface area (Å²) < 4.78 is 13.3. The summed E-state index contributed by atoms with van der Waals surface area (Å²) in [7, 11) is 0. The molecule has 0 saturated carbocycles. The number of para-hydroxylation sites is 2. The number of benzene rings is 6. The SMILES string of the molecule is C1=Cc2oc3cccc(N(c4ccccc4)c4cccc5c4oc4c6ccccc6c(-c6ccccc6)cc54)c3c2CC1. The summed E-state index contributed by atoms with van der Waals surface area (Å²) in [6, 6.07) is 44.9. The zero-order valence-corrected chi connectivity index (χ0v) is 23.5. The summed E-state index contributed by atoms with van der Waals surface area (Å²) in [6.45, 7) is 0. The van der Waals surface area contributed by atoms with Gasteiger partial charge in [-0.15, -0.1) is 0 Å². The zero-order valence-electron chi connectivity index (χ0n) is 23.5. The maximum atomic E-state index is 6.94. The van der Waals surface area contributed by atoms with Crippen molar-refractivity contribution in [2.45, 2.75) is 12.8 Å². The van der Waals surface area contributed by atoms with Crippen molar-refractivity contribution >= 4 is 66.8 Å². The van der Waals surface area contributed by atoms with Crippen LogP contribution in [0.1, 0.15) is 17.7 Å². The predicted octanol–water partition coefficient (Wildman–Crippen LogP) is 11.6. The molecular formula is C40H27NO2. The first kappa shape index (κ1) is 24.1. The van der Waals surface area contributed by atoms with Crippen molar-refractivity contribution in [2.75, 3.05) is 4.90 Å². The molecule has 0 saturated heterocycles. The number of anilines is 3. The Kier molecular flexibility index (Phi) is 5.32. The van der Waals surface area contributed by atoms with Crippen LogP contribution < -0.4 is 4.90 Å². The van der Waals surface area contributed by atoms with Crippen LogP contribution in [0.5, 0.6) is 0 Å². The van der Waals surface area contributed by atoms with E-state index in [2.05, 4.69) is 144 Å². The molecule has 8 aromatic rings. The van der Waals surface area contributed by atoms with Gasteiger partial charge in [-0.1, -0.05) is 97.1 Å². The molecule has 43 heavy (non-hydrogen) atoms. The molecule has 0 unspecified atom stereocenters. The summed E-state index contributed by atoms with van der Waals surface area (Å²) in [6.07, 6.45) is 6.28. The Balaban J connectivity index is 1.37. The lowest BCUT2D eigenvalue weighted by molar-refractivity contribution is 0.595. The summed E-state index contributed by atoms with van der Waals surface area (Å²) >= 11 is 0. The highest BCUT2D eigenvalue weighted by molar-refractivity contribution is 6.21. The second kappa shape index (κ2) is 9.50. The van der Waals surface area contributed by atoms with Crippen LogP contribution in [0.15, 0.2) is 142 Å². The Morgan fingerprint density at radius 1 is 0.558 bits per heavy atom. The third-order valence-electron chi connectivity index (χ3n) is 8.72. The van der Waals surface area contributed by atoms with Gasteiger partial charge < -0.3 is 13.7 Å². The molecule has 3 heteroatoms. The van der Waals surface area contributed by atoms with Crippen molar-refractivity contribution in [1.29, 1.82) is 0 Å². The number of rotatable bonds is 4. The molecule has 204 valence electrons. The van der Waals surface area contributed by atoms with Crippen LogP contribution in [-0.4, -0.2) is 0 Å². The Morgan fingerprint density at radius 3 is 2.12 bits per heavy atom. The number of nitrogens with zero attached hydrogens (tertiary/aromatic N) is 1. The molecular weight excluding hydrogens is 526 g/mol. The zero-order chi connectivity index (χ0) is 28.3. The van der Waals surface area contributed by atoms with Crippen LogP contribution >= 0.6 is 0 Å². The van der Waals surface area contributed by atoms with Crippen LogP contribution in [0, 0.1) is 0 Å². The molecule has 0 amide bonds. The lowest BCUT2D eigenvalue weighted by Gasteiger charge is -2.26. The first-order valence-corrected chi connectivity index (χ1v) is 14.8. The normalized spacial score (nSPS) is 12.8. The molecule has 0 radical (unpaired) electrons. The third kappa shape index (κ3) is 3.68. The standard InChI is InChI=1S/C40H27NO2/c1-3-13-26(14-4-1)32-25-33-30-20-11-22-35(40(30)43-39(33)29-18-8-7-17-28(29)32)41(27-15-5-2-6-16-27)34-21-12-24-37-38(34)31-19-9-10-23-36(31)42-37/h1-8,10-18,20-25H,9,19H2. The fourth-order valence-corrected chi connectivity index (χ4v) is 6.82. The Bertz CT molecular complexity index is 2340. The predicted molar refractivity (Wildman–Crippen MR) is 178 cm³/mol. The van der Waals surface area contributed by atoms with Gasteiger partial charge in [-0.05, 0) is 71.8 Å². The molecule has 0 fully saturated rings. The van der Waals surface area contributed by atoms with Gasteiger partial charge in [0.2, 0.25) is 0 Å². The molecule has 9 rings (SSSR count). The van der Waals surface area contributed by atoms with Crippen molar-refractivity contribution in [3.05, 3.63) is 145 Å². The summed E-state index contributed by atoms with van der Waals surface area (Å²) in [5, 5.41) is 5.68. The van der Waals surface area contributed by atoms with Gasteiger partial charge >= 0.3 is 0 Å². The van der Waals surface area contributed by atoms with Gasteiger partial charge in [-0.25, -0.2) is 0 Å². The number of allylic oxidation sites excluding steroid dienone is 1. The van der Waals surface area contributed by atoms with Crippen LogP contribution in [0.25, 0.3) is 60.9 Å². The average Bonchev–Trinajstić information content (AvgIpc) is 3.65. The quantitative estimate of drug-likeness (QED) is 0.217. The van der Waals surface area contributed by atoms with E-state index in [0.717, 1.165) is 74.0 Å². The molecule has 0 atom stereocenters. The molecule has 0 spiro atoms. The van der Waals surface area contributed by atoms with Crippen LogP contribution in [0.2, 0.25) is 0 Å². The average molecular weight is 554 g/mol. The fraction of sp³-hybridized carbons (Fsp3) is 0.0500. The lowest BCUT2D eigenvalue weighted by Crippen LogP contribution is -2.11. The van der Waals surface area contributed by atoms with Crippen molar-refractivity contribution in [2.24, 2.45) is 0 Å². The highest BCUT2D eigenvalue weighted by Crippen LogP contribution is 2.48. The van der Waals surface area contributed by atoms with Crippen LogP contribution in [0.4, 0.5) is 17.1 Å². The van der Waals surface area contributed by atoms with Gasteiger partial charge in [0, 0.05) is 32.8 Å². The first-order valence-electron chi connectivity index (χ1n) is 14.8. The van der Waals surface area contributed by atoms with Crippen molar-refractivity contribution < 1.29 is 8.83 Å². The summed E-state index contributed by atoms with van der Waals surface area (Å²) in [4.78, 5) is 2.33. The smallest absolute Gasteiger partial charge is 0.159 e. The number of hydrogen-bond donors (Lipinski definition) is 0. The van der Waals surface area contributed by atoms with E-state index in [0.29, 0.717) is 0 Å². The van der Waals surface area contributed by atoms with Crippen molar-refractivity contribution in [3.8, 4) is 11.1 Å². The molecule has 0 aliphatic heterocycles. The second-order valence-corrected chi connectivity index (χ2v) is 11.2.